The Bertz CT molecular complexity index is 220. The van der Waals surface area contributed by atoms with Gasteiger partial charge < -0.3 is 5.32 Å². The van der Waals surface area contributed by atoms with Gasteiger partial charge in [0.2, 0.25) is 10.0 Å². The Morgan fingerprint density at radius 3 is 2.75 bits per heavy atom. The van der Waals surface area contributed by atoms with E-state index in [1.165, 1.54) is 7.05 Å². The minimum atomic E-state index is -3.03. The van der Waals surface area contributed by atoms with E-state index in [1.54, 1.807) is 0 Å². The summed E-state index contributed by atoms with van der Waals surface area (Å²) in [6.07, 6.45) is 3.27. The molecule has 1 aliphatic rings. The Labute approximate surface area is 73.8 Å². The van der Waals surface area contributed by atoms with Crippen molar-refractivity contribution in [3.8, 4) is 0 Å². The van der Waals surface area contributed by atoms with Crippen LogP contribution in [0.1, 0.15) is 19.3 Å². The van der Waals surface area contributed by atoms with E-state index < -0.39 is 10.0 Å². The molecule has 1 unspecified atom stereocenters. The summed E-state index contributed by atoms with van der Waals surface area (Å²) in [7, 11) is -1.58. The Morgan fingerprint density at radius 2 is 2.25 bits per heavy atom. The molecule has 0 saturated carbocycles. The van der Waals surface area contributed by atoms with Gasteiger partial charge in [-0.15, -0.1) is 0 Å². The zero-order valence-electron chi connectivity index (χ0n) is 7.34. The van der Waals surface area contributed by atoms with Gasteiger partial charge in [0.1, 0.15) is 0 Å². The molecule has 0 spiro atoms. The summed E-state index contributed by atoms with van der Waals surface area (Å²) in [4.78, 5) is 0. The molecule has 1 aliphatic heterocycles. The quantitative estimate of drug-likeness (QED) is 0.644. The number of nitrogens with one attached hydrogen (secondary N) is 2. The van der Waals surface area contributed by atoms with Crippen LogP contribution in [-0.4, -0.2) is 33.8 Å². The van der Waals surface area contributed by atoms with E-state index in [0.29, 0.717) is 0 Å². The molecule has 0 aromatic carbocycles. The summed E-state index contributed by atoms with van der Waals surface area (Å²) in [5.41, 5.74) is 0. The number of hydrogen-bond donors (Lipinski definition) is 2. The van der Waals surface area contributed by atoms with Crippen molar-refractivity contribution in [2.75, 3.05) is 19.3 Å². The van der Waals surface area contributed by atoms with Gasteiger partial charge in [0, 0.05) is 6.04 Å². The second-order valence-electron chi connectivity index (χ2n) is 3.13. The van der Waals surface area contributed by atoms with Crippen LogP contribution in [0.3, 0.4) is 0 Å². The average molecular weight is 192 g/mol. The maximum absolute atomic E-state index is 11.1. The van der Waals surface area contributed by atoms with Gasteiger partial charge >= 0.3 is 0 Å². The smallest absolute Gasteiger partial charge is 0.212 e. The Balaban J connectivity index is 2.39. The molecule has 0 aromatic heterocycles. The van der Waals surface area contributed by atoms with E-state index in [0.717, 1.165) is 25.8 Å². The van der Waals surface area contributed by atoms with Gasteiger partial charge in [-0.3, -0.25) is 0 Å². The van der Waals surface area contributed by atoms with E-state index in [-0.39, 0.29) is 11.8 Å². The summed E-state index contributed by atoms with van der Waals surface area (Å²) in [6, 6.07) is 0.149. The topological polar surface area (TPSA) is 58.2 Å². The number of rotatable bonds is 3. The van der Waals surface area contributed by atoms with Crippen LogP contribution in [0.2, 0.25) is 0 Å². The predicted octanol–water partition coefficient (Wildman–Crippen LogP) is -0.322. The van der Waals surface area contributed by atoms with Gasteiger partial charge in [-0.1, -0.05) is 6.42 Å². The summed E-state index contributed by atoms with van der Waals surface area (Å²) in [5, 5.41) is 3.19. The van der Waals surface area contributed by atoms with Gasteiger partial charge in [-0.25, -0.2) is 13.1 Å². The molecule has 1 saturated heterocycles. The fourth-order valence-corrected chi connectivity index (χ4v) is 2.40. The van der Waals surface area contributed by atoms with Crippen LogP contribution in [0, 0.1) is 0 Å². The average Bonchev–Trinajstić information content (AvgIpc) is 2.06. The van der Waals surface area contributed by atoms with Crippen molar-refractivity contribution < 1.29 is 8.42 Å². The van der Waals surface area contributed by atoms with E-state index in [9.17, 15) is 8.42 Å². The van der Waals surface area contributed by atoms with Crippen molar-refractivity contribution in [2.24, 2.45) is 0 Å². The van der Waals surface area contributed by atoms with Crippen LogP contribution in [0.15, 0.2) is 0 Å². The number of piperidine rings is 1. The minimum absolute atomic E-state index is 0.149. The highest BCUT2D eigenvalue weighted by Crippen LogP contribution is 2.08. The summed E-state index contributed by atoms with van der Waals surface area (Å²) < 4.78 is 24.6. The lowest BCUT2D eigenvalue weighted by Gasteiger charge is -2.22. The standard InChI is InChI=1S/C7H16N2O2S/c1-8-12(10,11)6-7-4-2-3-5-9-7/h7-9H,2-6H2,1H3. The second kappa shape index (κ2) is 4.20. The Hall–Kier alpha value is -0.130. The highest BCUT2D eigenvalue weighted by Gasteiger charge is 2.18. The van der Waals surface area contributed by atoms with Crippen molar-refractivity contribution in [3.05, 3.63) is 0 Å². The van der Waals surface area contributed by atoms with E-state index >= 15 is 0 Å². The van der Waals surface area contributed by atoms with Crippen molar-refractivity contribution in [3.63, 3.8) is 0 Å². The van der Waals surface area contributed by atoms with Crippen LogP contribution in [0.5, 0.6) is 0 Å². The van der Waals surface area contributed by atoms with Crippen molar-refractivity contribution in [1.82, 2.24) is 10.0 Å². The molecule has 0 aromatic rings. The first-order valence-corrected chi connectivity index (χ1v) is 5.94. The second-order valence-corrected chi connectivity index (χ2v) is 5.10. The van der Waals surface area contributed by atoms with Crippen molar-refractivity contribution >= 4 is 10.0 Å². The highest BCUT2D eigenvalue weighted by atomic mass is 32.2. The lowest BCUT2D eigenvalue weighted by molar-refractivity contribution is 0.423. The summed E-state index contributed by atoms with van der Waals surface area (Å²) >= 11 is 0. The maximum Gasteiger partial charge on any atom is 0.212 e. The molecule has 0 radical (unpaired) electrons. The van der Waals surface area contributed by atoms with Gasteiger partial charge in [-0.2, -0.15) is 0 Å². The van der Waals surface area contributed by atoms with Gasteiger partial charge in [0.25, 0.3) is 0 Å². The molecular formula is C7H16N2O2S. The molecule has 1 atom stereocenters. The van der Waals surface area contributed by atoms with E-state index in [1.807, 2.05) is 0 Å². The molecule has 4 nitrogen and oxygen atoms in total. The molecule has 2 N–H and O–H groups in total. The first kappa shape index (κ1) is 9.95. The van der Waals surface area contributed by atoms with Crippen LogP contribution in [-0.2, 0) is 10.0 Å². The molecule has 5 heteroatoms. The van der Waals surface area contributed by atoms with Crippen LogP contribution < -0.4 is 10.0 Å². The lowest BCUT2D eigenvalue weighted by Crippen LogP contribution is -2.41. The van der Waals surface area contributed by atoms with E-state index in [2.05, 4.69) is 10.0 Å². The highest BCUT2D eigenvalue weighted by molar-refractivity contribution is 7.89. The van der Waals surface area contributed by atoms with Crippen LogP contribution in [0.4, 0.5) is 0 Å². The first-order valence-electron chi connectivity index (χ1n) is 4.28. The van der Waals surface area contributed by atoms with Crippen LogP contribution >= 0.6 is 0 Å². The largest absolute Gasteiger partial charge is 0.313 e. The van der Waals surface area contributed by atoms with Crippen LogP contribution in [0.25, 0.3) is 0 Å². The maximum atomic E-state index is 11.1. The molecule has 0 aliphatic carbocycles. The normalized spacial score (nSPS) is 25.6. The molecular weight excluding hydrogens is 176 g/mol. The number of hydrogen-bond acceptors (Lipinski definition) is 3. The summed E-state index contributed by atoms with van der Waals surface area (Å²) in [5.74, 6) is 0.212. The van der Waals surface area contributed by atoms with Gasteiger partial charge in [0.15, 0.2) is 0 Å². The predicted molar refractivity (Wildman–Crippen MR) is 48.5 cm³/mol. The zero-order valence-corrected chi connectivity index (χ0v) is 8.15. The molecule has 0 amide bonds. The Morgan fingerprint density at radius 1 is 1.50 bits per heavy atom. The SMILES string of the molecule is CNS(=O)(=O)CC1CCCCN1. The third-order valence-corrected chi connectivity index (χ3v) is 3.61. The molecule has 1 fully saturated rings. The third-order valence-electron chi connectivity index (χ3n) is 2.14. The monoisotopic (exact) mass is 192 g/mol. The molecule has 72 valence electrons. The summed E-state index contributed by atoms with van der Waals surface area (Å²) in [6.45, 7) is 0.948. The van der Waals surface area contributed by atoms with Gasteiger partial charge in [0.05, 0.1) is 5.75 Å². The molecule has 1 rings (SSSR count). The van der Waals surface area contributed by atoms with Gasteiger partial charge in [-0.05, 0) is 26.4 Å². The fraction of sp³-hybridized carbons (Fsp3) is 1.00. The first-order chi connectivity index (χ1) is 5.64. The fourth-order valence-electron chi connectivity index (χ4n) is 1.41. The van der Waals surface area contributed by atoms with E-state index in [4.69, 9.17) is 0 Å². The molecule has 0 bridgehead atoms. The van der Waals surface area contributed by atoms with Crippen molar-refractivity contribution in [2.45, 2.75) is 25.3 Å². The zero-order chi connectivity index (χ0) is 9.03. The lowest BCUT2D eigenvalue weighted by atomic mass is 10.1. The third kappa shape index (κ3) is 3.08. The molecule has 1 heterocycles. The molecule has 12 heavy (non-hydrogen) atoms. The van der Waals surface area contributed by atoms with Crippen molar-refractivity contribution in [1.29, 1.82) is 0 Å². The Kier molecular flexibility index (Phi) is 3.49. The number of sulfonamides is 1. The minimum Gasteiger partial charge on any atom is -0.313 e.